The predicted octanol–water partition coefficient (Wildman–Crippen LogP) is 3.79. The smallest absolute Gasteiger partial charge is 0.119 e. The molecule has 0 atom stereocenters. The van der Waals surface area contributed by atoms with Crippen LogP contribution in [0, 0.1) is 11.3 Å². The lowest BCUT2D eigenvalue weighted by Crippen LogP contribution is -1.91. The van der Waals surface area contributed by atoms with Crippen molar-refractivity contribution in [1.82, 2.24) is 4.98 Å². The lowest BCUT2D eigenvalue weighted by Gasteiger charge is -2.08. The average Bonchev–Trinajstić information content (AvgIpc) is 2.60. The molecule has 0 amide bonds. The van der Waals surface area contributed by atoms with Gasteiger partial charge in [0.2, 0.25) is 0 Å². The molecule has 0 aliphatic rings. The molecule has 0 saturated carbocycles. The van der Waals surface area contributed by atoms with Crippen LogP contribution in [0.2, 0.25) is 0 Å². The molecule has 0 radical (unpaired) electrons. The van der Waals surface area contributed by atoms with E-state index in [2.05, 4.69) is 11.1 Å². The van der Waals surface area contributed by atoms with Gasteiger partial charge < -0.3 is 9.47 Å². The fraction of sp³-hybridized carbons (Fsp3) is 0.111. The van der Waals surface area contributed by atoms with Crippen LogP contribution in [0.5, 0.6) is 11.5 Å². The van der Waals surface area contributed by atoms with E-state index in [4.69, 9.17) is 9.47 Å². The van der Waals surface area contributed by atoms with Crippen molar-refractivity contribution in [3.8, 4) is 28.8 Å². The first kappa shape index (κ1) is 13.9. The first-order valence-corrected chi connectivity index (χ1v) is 6.78. The van der Waals surface area contributed by atoms with Gasteiger partial charge in [-0.15, -0.1) is 0 Å². The van der Waals surface area contributed by atoms with E-state index in [1.165, 1.54) is 0 Å². The second kappa shape index (κ2) is 5.74. The molecule has 0 unspecified atom stereocenters. The highest BCUT2D eigenvalue weighted by atomic mass is 16.5. The van der Waals surface area contributed by atoms with Crippen molar-refractivity contribution in [2.75, 3.05) is 14.2 Å². The van der Waals surface area contributed by atoms with Gasteiger partial charge in [0, 0.05) is 10.9 Å². The van der Waals surface area contributed by atoms with Gasteiger partial charge in [0.25, 0.3) is 0 Å². The Balaban J connectivity index is 2.17. The molecular formula is C18H14N2O2. The van der Waals surface area contributed by atoms with Crippen molar-refractivity contribution in [2.24, 2.45) is 0 Å². The van der Waals surface area contributed by atoms with Gasteiger partial charge in [-0.2, -0.15) is 5.26 Å². The minimum Gasteiger partial charge on any atom is -0.497 e. The van der Waals surface area contributed by atoms with Crippen LogP contribution >= 0.6 is 0 Å². The van der Waals surface area contributed by atoms with Crippen molar-refractivity contribution < 1.29 is 9.47 Å². The molecule has 0 N–H and O–H groups in total. The van der Waals surface area contributed by atoms with Crippen molar-refractivity contribution in [3.05, 3.63) is 54.1 Å². The summed E-state index contributed by atoms with van der Waals surface area (Å²) in [5.74, 6) is 1.50. The number of aromatic nitrogens is 1. The number of pyridine rings is 1. The Kier molecular flexibility index (Phi) is 3.63. The van der Waals surface area contributed by atoms with E-state index in [0.29, 0.717) is 11.3 Å². The summed E-state index contributed by atoms with van der Waals surface area (Å²) in [5, 5.41) is 10.2. The van der Waals surface area contributed by atoms with E-state index in [9.17, 15) is 5.26 Å². The van der Waals surface area contributed by atoms with Crippen molar-refractivity contribution in [1.29, 1.82) is 5.26 Å². The van der Waals surface area contributed by atoms with Crippen LogP contribution in [0.3, 0.4) is 0 Å². The van der Waals surface area contributed by atoms with E-state index < -0.39 is 0 Å². The summed E-state index contributed by atoms with van der Waals surface area (Å²) in [5.41, 5.74) is 3.05. The zero-order valence-electron chi connectivity index (χ0n) is 12.3. The summed E-state index contributed by atoms with van der Waals surface area (Å²) >= 11 is 0. The van der Waals surface area contributed by atoms with E-state index in [1.807, 2.05) is 42.5 Å². The highest BCUT2D eigenvalue weighted by Crippen LogP contribution is 2.28. The van der Waals surface area contributed by atoms with Crippen LogP contribution < -0.4 is 9.47 Å². The molecule has 0 spiro atoms. The Morgan fingerprint density at radius 2 is 1.59 bits per heavy atom. The van der Waals surface area contributed by atoms with E-state index in [0.717, 1.165) is 27.9 Å². The van der Waals surface area contributed by atoms with Crippen LogP contribution in [0.4, 0.5) is 0 Å². The largest absolute Gasteiger partial charge is 0.497 e. The van der Waals surface area contributed by atoms with Crippen LogP contribution in [0.25, 0.3) is 22.2 Å². The monoisotopic (exact) mass is 290 g/mol. The molecule has 108 valence electrons. The maximum absolute atomic E-state index is 9.41. The van der Waals surface area contributed by atoms with Gasteiger partial charge in [-0.05, 0) is 48.5 Å². The first-order chi connectivity index (χ1) is 10.7. The van der Waals surface area contributed by atoms with E-state index in [1.54, 1.807) is 20.3 Å². The predicted molar refractivity (Wildman–Crippen MR) is 85.0 cm³/mol. The SMILES string of the molecule is COc1ccc(-c2cc(C#N)c3cc(OC)ccc3n2)cc1. The Labute approximate surface area is 128 Å². The number of nitriles is 1. The maximum Gasteiger partial charge on any atom is 0.119 e. The van der Waals surface area contributed by atoms with E-state index >= 15 is 0 Å². The third-order valence-corrected chi connectivity index (χ3v) is 3.52. The molecule has 4 nitrogen and oxygen atoms in total. The molecule has 0 aliphatic carbocycles. The Hall–Kier alpha value is -3.06. The summed E-state index contributed by atoms with van der Waals surface area (Å²) in [7, 11) is 3.23. The maximum atomic E-state index is 9.41. The fourth-order valence-corrected chi connectivity index (χ4v) is 2.33. The second-order valence-electron chi connectivity index (χ2n) is 4.78. The second-order valence-corrected chi connectivity index (χ2v) is 4.78. The topological polar surface area (TPSA) is 55.1 Å². The van der Waals surface area contributed by atoms with E-state index in [-0.39, 0.29) is 0 Å². The van der Waals surface area contributed by atoms with Crippen molar-refractivity contribution in [2.45, 2.75) is 0 Å². The molecule has 0 fully saturated rings. The molecule has 4 heteroatoms. The standard InChI is InChI=1S/C18H14N2O2/c1-21-14-5-3-12(4-6-14)18-9-13(11-19)16-10-15(22-2)7-8-17(16)20-18/h3-10H,1-2H3. The number of methoxy groups -OCH3 is 2. The number of hydrogen-bond acceptors (Lipinski definition) is 4. The Bertz CT molecular complexity index is 865. The summed E-state index contributed by atoms with van der Waals surface area (Å²) in [6.45, 7) is 0. The van der Waals surface area contributed by atoms with Crippen LogP contribution in [-0.4, -0.2) is 19.2 Å². The number of rotatable bonds is 3. The lowest BCUT2D eigenvalue weighted by molar-refractivity contribution is 0.415. The molecule has 1 aromatic heterocycles. The molecule has 0 bridgehead atoms. The van der Waals surface area contributed by atoms with Crippen molar-refractivity contribution in [3.63, 3.8) is 0 Å². The molecule has 2 aromatic carbocycles. The van der Waals surface area contributed by atoms with Gasteiger partial charge in [0.15, 0.2) is 0 Å². The third kappa shape index (κ3) is 2.45. The summed E-state index contributed by atoms with van der Waals surface area (Å²) < 4.78 is 10.4. The number of hydrogen-bond donors (Lipinski definition) is 0. The quantitative estimate of drug-likeness (QED) is 0.736. The normalized spacial score (nSPS) is 10.2. The first-order valence-electron chi connectivity index (χ1n) is 6.78. The van der Waals surface area contributed by atoms with Crippen molar-refractivity contribution >= 4 is 10.9 Å². The molecule has 3 rings (SSSR count). The molecule has 0 saturated heterocycles. The molecule has 1 heterocycles. The Morgan fingerprint density at radius 3 is 2.23 bits per heavy atom. The average molecular weight is 290 g/mol. The minimum absolute atomic E-state index is 0.578. The highest BCUT2D eigenvalue weighted by Gasteiger charge is 2.09. The molecule has 3 aromatic rings. The fourth-order valence-electron chi connectivity index (χ4n) is 2.33. The van der Waals surface area contributed by atoms with Gasteiger partial charge in [-0.1, -0.05) is 0 Å². The summed E-state index contributed by atoms with van der Waals surface area (Å²) in [6.07, 6.45) is 0. The minimum atomic E-state index is 0.578. The van der Waals surface area contributed by atoms with Gasteiger partial charge in [-0.3, -0.25) is 0 Å². The highest BCUT2D eigenvalue weighted by molar-refractivity contribution is 5.88. The van der Waals surface area contributed by atoms with Gasteiger partial charge in [0.1, 0.15) is 11.5 Å². The molecule has 0 aliphatic heterocycles. The van der Waals surface area contributed by atoms with Crippen LogP contribution in [-0.2, 0) is 0 Å². The lowest BCUT2D eigenvalue weighted by atomic mass is 10.0. The third-order valence-electron chi connectivity index (χ3n) is 3.52. The van der Waals surface area contributed by atoms with Gasteiger partial charge >= 0.3 is 0 Å². The number of benzene rings is 2. The molecular weight excluding hydrogens is 276 g/mol. The zero-order valence-corrected chi connectivity index (χ0v) is 12.3. The van der Waals surface area contributed by atoms with Gasteiger partial charge in [0.05, 0.1) is 37.1 Å². The number of nitrogens with zero attached hydrogens (tertiary/aromatic N) is 2. The number of ether oxygens (including phenoxy) is 2. The zero-order chi connectivity index (χ0) is 15.5. The Morgan fingerprint density at radius 1 is 0.909 bits per heavy atom. The molecule has 22 heavy (non-hydrogen) atoms. The number of fused-ring (bicyclic) bond motifs is 1. The van der Waals surface area contributed by atoms with Crippen LogP contribution in [0.1, 0.15) is 5.56 Å². The summed E-state index contributed by atoms with van der Waals surface area (Å²) in [6, 6.07) is 17.2. The summed E-state index contributed by atoms with van der Waals surface area (Å²) in [4.78, 5) is 4.64. The van der Waals surface area contributed by atoms with Crippen LogP contribution in [0.15, 0.2) is 48.5 Å². The van der Waals surface area contributed by atoms with Gasteiger partial charge in [-0.25, -0.2) is 4.98 Å².